The number of hydrogen-bond acceptors (Lipinski definition) is 5. The van der Waals surface area contributed by atoms with Gasteiger partial charge >= 0.3 is 0 Å². The molecular formula is C24H33N3O4S. The molecule has 0 aromatic heterocycles. The first-order chi connectivity index (χ1) is 15.3. The summed E-state index contributed by atoms with van der Waals surface area (Å²) < 4.78 is 33.1. The molecule has 32 heavy (non-hydrogen) atoms. The fourth-order valence-electron chi connectivity index (χ4n) is 3.96. The molecule has 2 atom stereocenters. The Hall–Kier alpha value is -2.26. The minimum atomic E-state index is -3.60. The van der Waals surface area contributed by atoms with Crippen LogP contribution in [0.2, 0.25) is 0 Å². The topological polar surface area (TPSA) is 79.0 Å². The van der Waals surface area contributed by atoms with E-state index in [9.17, 15) is 13.2 Å². The van der Waals surface area contributed by atoms with Crippen molar-refractivity contribution in [3.63, 3.8) is 0 Å². The third-order valence-electron chi connectivity index (χ3n) is 5.32. The number of ether oxygens (including phenoxy) is 1. The number of sulfonamides is 1. The molecule has 2 aromatic rings. The number of carbonyl (C=O) groups is 1. The Morgan fingerprint density at radius 3 is 2.28 bits per heavy atom. The Labute approximate surface area is 191 Å². The molecule has 1 N–H and O–H groups in total. The van der Waals surface area contributed by atoms with Crippen LogP contribution >= 0.6 is 0 Å². The van der Waals surface area contributed by atoms with E-state index in [1.165, 1.54) is 4.31 Å². The lowest BCUT2D eigenvalue weighted by Crippen LogP contribution is -2.48. The molecule has 174 valence electrons. The minimum Gasteiger partial charge on any atom is -0.373 e. The number of carbonyl (C=O) groups excluding carboxylic acids is 1. The standard InChI is InChI=1S/C24H33N3O4S/c1-4-14-26(17-21-8-6-5-7-9-21)18-24(28)25-22-10-12-23(13-11-22)32(29,30)27-15-19(2)31-20(3)16-27/h5-13,19-20H,4,14-18H2,1-3H3,(H,25,28). The Kier molecular flexibility index (Phi) is 8.42. The summed E-state index contributed by atoms with van der Waals surface area (Å²) >= 11 is 0. The van der Waals surface area contributed by atoms with Gasteiger partial charge in [0.25, 0.3) is 0 Å². The molecule has 8 heteroatoms. The number of rotatable bonds is 9. The van der Waals surface area contributed by atoms with E-state index in [0.717, 1.165) is 18.5 Å². The molecule has 0 spiro atoms. The van der Waals surface area contributed by atoms with Crippen molar-refractivity contribution in [2.75, 3.05) is 31.5 Å². The van der Waals surface area contributed by atoms with Gasteiger partial charge < -0.3 is 10.1 Å². The van der Waals surface area contributed by atoms with Crippen LogP contribution in [0.3, 0.4) is 0 Å². The number of morpholine rings is 1. The maximum absolute atomic E-state index is 13.0. The Balaban J connectivity index is 1.61. The van der Waals surface area contributed by atoms with E-state index in [0.29, 0.717) is 25.3 Å². The van der Waals surface area contributed by atoms with E-state index in [1.807, 2.05) is 32.0 Å². The molecule has 2 aromatic carbocycles. The molecule has 1 aliphatic rings. The van der Waals surface area contributed by atoms with E-state index in [2.05, 4.69) is 29.3 Å². The van der Waals surface area contributed by atoms with Gasteiger partial charge in [0.05, 0.1) is 23.6 Å². The molecule has 1 amide bonds. The lowest BCUT2D eigenvalue weighted by molar-refractivity contribution is -0.117. The van der Waals surface area contributed by atoms with Gasteiger partial charge in [-0.3, -0.25) is 9.69 Å². The van der Waals surface area contributed by atoms with Crippen LogP contribution in [0.5, 0.6) is 0 Å². The maximum Gasteiger partial charge on any atom is 0.243 e. The Bertz CT molecular complexity index is 970. The van der Waals surface area contributed by atoms with Gasteiger partial charge in [-0.15, -0.1) is 0 Å². The number of benzene rings is 2. The summed E-state index contributed by atoms with van der Waals surface area (Å²) in [4.78, 5) is 14.9. The Morgan fingerprint density at radius 2 is 1.69 bits per heavy atom. The van der Waals surface area contributed by atoms with Crippen molar-refractivity contribution in [3.8, 4) is 0 Å². The van der Waals surface area contributed by atoms with E-state index in [1.54, 1.807) is 24.3 Å². The monoisotopic (exact) mass is 459 g/mol. The van der Waals surface area contributed by atoms with Crippen LogP contribution in [0.1, 0.15) is 32.8 Å². The van der Waals surface area contributed by atoms with Gasteiger partial charge in [0.15, 0.2) is 0 Å². The summed E-state index contributed by atoms with van der Waals surface area (Å²) in [6, 6.07) is 16.4. The summed E-state index contributed by atoms with van der Waals surface area (Å²) in [5.41, 5.74) is 1.74. The first kappa shape index (κ1) is 24.4. The summed E-state index contributed by atoms with van der Waals surface area (Å²) in [6.45, 7) is 8.29. The van der Waals surface area contributed by atoms with Crippen LogP contribution in [0, 0.1) is 0 Å². The molecule has 0 radical (unpaired) electrons. The highest BCUT2D eigenvalue weighted by molar-refractivity contribution is 7.89. The van der Waals surface area contributed by atoms with Crippen molar-refractivity contribution in [2.24, 2.45) is 0 Å². The highest BCUT2D eigenvalue weighted by atomic mass is 32.2. The van der Waals surface area contributed by atoms with E-state index in [4.69, 9.17) is 4.74 Å². The average molecular weight is 460 g/mol. The molecule has 1 fully saturated rings. The second-order valence-electron chi connectivity index (χ2n) is 8.35. The van der Waals surface area contributed by atoms with Crippen LogP contribution < -0.4 is 5.32 Å². The molecule has 1 saturated heterocycles. The fraction of sp³-hybridized carbons (Fsp3) is 0.458. The second kappa shape index (κ2) is 11.0. The molecule has 0 bridgehead atoms. The second-order valence-corrected chi connectivity index (χ2v) is 10.3. The minimum absolute atomic E-state index is 0.124. The molecule has 1 heterocycles. The zero-order valence-electron chi connectivity index (χ0n) is 19.0. The van der Waals surface area contributed by atoms with Crippen LogP contribution in [-0.4, -0.2) is 61.9 Å². The molecule has 2 unspecified atom stereocenters. The summed E-state index contributed by atoms with van der Waals surface area (Å²) in [6.07, 6.45) is 0.661. The highest BCUT2D eigenvalue weighted by Crippen LogP contribution is 2.22. The van der Waals surface area contributed by atoms with Gasteiger partial charge in [-0.05, 0) is 56.6 Å². The van der Waals surface area contributed by atoms with Gasteiger partial charge in [0.2, 0.25) is 15.9 Å². The third kappa shape index (κ3) is 6.62. The lowest BCUT2D eigenvalue weighted by Gasteiger charge is -2.34. The van der Waals surface area contributed by atoms with E-state index >= 15 is 0 Å². The van der Waals surface area contributed by atoms with Crippen LogP contribution in [0.25, 0.3) is 0 Å². The van der Waals surface area contributed by atoms with Gasteiger partial charge in [0.1, 0.15) is 0 Å². The molecule has 0 saturated carbocycles. The summed E-state index contributed by atoms with van der Waals surface area (Å²) in [7, 11) is -3.60. The van der Waals surface area contributed by atoms with Crippen molar-refractivity contribution >= 4 is 21.6 Å². The first-order valence-corrected chi connectivity index (χ1v) is 12.5. The number of hydrogen-bond donors (Lipinski definition) is 1. The van der Waals surface area contributed by atoms with E-state index < -0.39 is 10.0 Å². The number of amides is 1. The number of anilines is 1. The van der Waals surface area contributed by atoms with Crippen LogP contribution in [-0.2, 0) is 26.1 Å². The van der Waals surface area contributed by atoms with Gasteiger partial charge in [0, 0.05) is 25.3 Å². The predicted molar refractivity (Wildman–Crippen MR) is 126 cm³/mol. The number of nitrogens with zero attached hydrogens (tertiary/aromatic N) is 2. The zero-order chi connectivity index (χ0) is 23.1. The zero-order valence-corrected chi connectivity index (χ0v) is 19.8. The number of nitrogens with one attached hydrogen (secondary N) is 1. The molecule has 3 rings (SSSR count). The largest absolute Gasteiger partial charge is 0.373 e. The summed E-state index contributed by atoms with van der Waals surface area (Å²) in [5.74, 6) is -0.124. The fourth-order valence-corrected chi connectivity index (χ4v) is 5.55. The molecule has 7 nitrogen and oxygen atoms in total. The normalized spacial score (nSPS) is 19.8. The average Bonchev–Trinajstić information content (AvgIpc) is 2.74. The van der Waals surface area contributed by atoms with Crippen LogP contribution in [0.4, 0.5) is 5.69 Å². The maximum atomic E-state index is 13.0. The molecule has 1 aliphatic heterocycles. The van der Waals surface area contributed by atoms with Crippen LogP contribution in [0.15, 0.2) is 59.5 Å². The lowest BCUT2D eigenvalue weighted by atomic mass is 10.2. The summed E-state index contributed by atoms with van der Waals surface area (Å²) in [5, 5.41) is 2.88. The quantitative estimate of drug-likeness (QED) is 0.622. The van der Waals surface area contributed by atoms with Crippen molar-refractivity contribution < 1.29 is 17.9 Å². The van der Waals surface area contributed by atoms with Crippen molar-refractivity contribution in [1.29, 1.82) is 0 Å². The molecule has 0 aliphatic carbocycles. The third-order valence-corrected chi connectivity index (χ3v) is 7.16. The SMILES string of the molecule is CCCN(CC(=O)Nc1ccc(S(=O)(=O)N2CC(C)OC(C)C2)cc1)Cc1ccccc1. The van der Waals surface area contributed by atoms with E-state index in [-0.39, 0.29) is 29.6 Å². The van der Waals surface area contributed by atoms with Gasteiger partial charge in [-0.1, -0.05) is 37.3 Å². The van der Waals surface area contributed by atoms with Gasteiger partial charge in [-0.2, -0.15) is 4.31 Å². The van der Waals surface area contributed by atoms with Crippen molar-refractivity contribution in [2.45, 2.75) is 50.8 Å². The first-order valence-electron chi connectivity index (χ1n) is 11.1. The van der Waals surface area contributed by atoms with Crippen molar-refractivity contribution in [3.05, 3.63) is 60.2 Å². The smallest absolute Gasteiger partial charge is 0.243 e. The van der Waals surface area contributed by atoms with Crippen molar-refractivity contribution in [1.82, 2.24) is 9.21 Å². The highest BCUT2D eigenvalue weighted by Gasteiger charge is 2.32. The van der Waals surface area contributed by atoms with Gasteiger partial charge in [-0.25, -0.2) is 8.42 Å². The predicted octanol–water partition coefficient (Wildman–Crippen LogP) is 3.34. The Morgan fingerprint density at radius 1 is 1.06 bits per heavy atom. The molecular weight excluding hydrogens is 426 g/mol.